The molecule has 0 fully saturated rings. The van der Waals surface area contributed by atoms with Gasteiger partial charge in [0.15, 0.2) is 0 Å². The molecule has 0 unspecified atom stereocenters. The molecule has 0 spiro atoms. The number of carbonyl (C=O) groups excluding carboxylic acids is 1. The Morgan fingerprint density at radius 3 is 2.72 bits per heavy atom. The average molecular weight is 395 g/mol. The number of hydrogen-bond donors (Lipinski definition) is 2. The Morgan fingerprint density at radius 2 is 2.07 bits per heavy atom. The lowest BCUT2D eigenvalue weighted by molar-refractivity contribution is -0.384. The summed E-state index contributed by atoms with van der Waals surface area (Å²) in [7, 11) is 1.54. The zero-order valence-corrected chi connectivity index (χ0v) is 15.4. The summed E-state index contributed by atoms with van der Waals surface area (Å²) in [5, 5.41) is 20.9. The Bertz CT molecular complexity index is 1020. The van der Waals surface area contributed by atoms with Crippen LogP contribution in [0.4, 0.5) is 5.69 Å². The van der Waals surface area contributed by atoms with E-state index in [1.54, 1.807) is 25.3 Å². The molecule has 0 bridgehead atoms. The first-order chi connectivity index (χ1) is 14.1. The van der Waals surface area contributed by atoms with Gasteiger partial charge in [0.25, 0.3) is 11.6 Å². The highest BCUT2D eigenvalue weighted by Gasteiger charge is 2.08. The van der Waals surface area contributed by atoms with Gasteiger partial charge >= 0.3 is 0 Å². The van der Waals surface area contributed by atoms with Crippen molar-refractivity contribution in [3.63, 3.8) is 0 Å². The first kappa shape index (κ1) is 19.5. The summed E-state index contributed by atoms with van der Waals surface area (Å²) >= 11 is 0. The van der Waals surface area contributed by atoms with Crippen LogP contribution in [0, 0.1) is 10.1 Å². The largest absolute Gasteiger partial charge is 0.496 e. The number of nitro benzene ring substituents is 1. The molecule has 0 saturated carbocycles. The lowest BCUT2D eigenvalue weighted by Gasteiger charge is -2.11. The second-order valence-electron chi connectivity index (χ2n) is 5.78. The molecule has 0 aliphatic heterocycles. The third kappa shape index (κ3) is 5.16. The Kier molecular flexibility index (Phi) is 6.15. The van der Waals surface area contributed by atoms with E-state index < -0.39 is 10.8 Å². The molecule has 0 aliphatic rings. The standard InChI is InChI=1S/C19H17N5O5/c1-28-18-7-2-13(11-21-23-19(25)17-8-9-20-22-17)10-14(18)12-29-16-5-3-15(4-6-16)24(26)27/h2-11H,12H2,1H3,(H,20,22)(H,23,25). The van der Waals surface area contributed by atoms with E-state index in [4.69, 9.17) is 9.47 Å². The van der Waals surface area contributed by atoms with E-state index in [0.717, 1.165) is 11.1 Å². The smallest absolute Gasteiger partial charge is 0.289 e. The lowest BCUT2D eigenvalue weighted by atomic mass is 10.1. The maximum atomic E-state index is 11.8. The fraction of sp³-hybridized carbons (Fsp3) is 0.105. The maximum Gasteiger partial charge on any atom is 0.289 e. The highest BCUT2D eigenvalue weighted by Crippen LogP contribution is 2.23. The average Bonchev–Trinajstić information content (AvgIpc) is 3.27. The van der Waals surface area contributed by atoms with Crippen LogP contribution < -0.4 is 14.9 Å². The fourth-order valence-corrected chi connectivity index (χ4v) is 2.42. The van der Waals surface area contributed by atoms with Gasteiger partial charge in [-0.1, -0.05) is 0 Å². The maximum absolute atomic E-state index is 11.8. The van der Waals surface area contributed by atoms with E-state index in [1.165, 1.54) is 42.7 Å². The van der Waals surface area contributed by atoms with Crippen molar-refractivity contribution >= 4 is 17.8 Å². The van der Waals surface area contributed by atoms with Gasteiger partial charge in [0, 0.05) is 23.9 Å². The van der Waals surface area contributed by atoms with Gasteiger partial charge in [-0.2, -0.15) is 10.2 Å². The SMILES string of the molecule is COc1ccc(C=NNC(=O)c2ccn[nH]2)cc1COc1ccc([N+](=O)[O-])cc1. The van der Waals surface area contributed by atoms with Crippen molar-refractivity contribution in [3.05, 3.63) is 81.7 Å². The second-order valence-corrected chi connectivity index (χ2v) is 5.78. The summed E-state index contributed by atoms with van der Waals surface area (Å²) < 4.78 is 11.0. The number of carbonyl (C=O) groups is 1. The van der Waals surface area contributed by atoms with E-state index in [1.807, 2.05) is 0 Å². The van der Waals surface area contributed by atoms with Crippen molar-refractivity contribution in [1.29, 1.82) is 0 Å². The number of nitrogens with zero attached hydrogens (tertiary/aromatic N) is 3. The number of aromatic nitrogens is 2. The number of aromatic amines is 1. The van der Waals surface area contributed by atoms with E-state index >= 15 is 0 Å². The zero-order chi connectivity index (χ0) is 20.6. The number of non-ortho nitro benzene ring substituents is 1. The minimum atomic E-state index is -0.471. The fourth-order valence-electron chi connectivity index (χ4n) is 2.42. The topological polar surface area (TPSA) is 132 Å². The molecule has 0 saturated heterocycles. The Balaban J connectivity index is 1.65. The minimum Gasteiger partial charge on any atom is -0.496 e. The van der Waals surface area contributed by atoms with Crippen molar-refractivity contribution in [3.8, 4) is 11.5 Å². The summed E-state index contributed by atoms with van der Waals surface area (Å²) in [5.74, 6) is 0.697. The number of amides is 1. The van der Waals surface area contributed by atoms with Crippen LogP contribution in [0.3, 0.4) is 0 Å². The molecule has 10 heteroatoms. The van der Waals surface area contributed by atoms with Gasteiger partial charge in [-0.3, -0.25) is 20.0 Å². The molecule has 2 N–H and O–H groups in total. The number of methoxy groups -OCH3 is 1. The van der Waals surface area contributed by atoms with Gasteiger partial charge in [0.05, 0.1) is 18.2 Å². The monoisotopic (exact) mass is 395 g/mol. The summed E-state index contributed by atoms with van der Waals surface area (Å²) in [6.07, 6.45) is 2.96. The molecule has 1 amide bonds. The van der Waals surface area contributed by atoms with Crippen LogP contribution in [0.2, 0.25) is 0 Å². The van der Waals surface area contributed by atoms with Crippen LogP contribution in [0.5, 0.6) is 11.5 Å². The number of nitro groups is 1. The van der Waals surface area contributed by atoms with Crippen molar-refractivity contribution in [2.24, 2.45) is 5.10 Å². The third-order valence-corrected chi connectivity index (χ3v) is 3.87. The van der Waals surface area contributed by atoms with Crippen LogP contribution in [-0.4, -0.2) is 34.4 Å². The molecule has 0 atom stereocenters. The molecule has 0 aliphatic carbocycles. The molecule has 29 heavy (non-hydrogen) atoms. The molecule has 10 nitrogen and oxygen atoms in total. The minimum absolute atomic E-state index is 0.00897. The molecular formula is C19H17N5O5. The number of hydrazone groups is 1. The van der Waals surface area contributed by atoms with Gasteiger partial charge in [-0.15, -0.1) is 0 Å². The summed E-state index contributed by atoms with van der Waals surface area (Å²) in [6.45, 7) is 0.184. The Morgan fingerprint density at radius 1 is 1.28 bits per heavy atom. The number of benzene rings is 2. The number of hydrogen-bond acceptors (Lipinski definition) is 7. The quantitative estimate of drug-likeness (QED) is 0.342. The summed E-state index contributed by atoms with van der Waals surface area (Å²) in [5.41, 5.74) is 4.15. The molecular weight excluding hydrogens is 378 g/mol. The van der Waals surface area contributed by atoms with Crippen LogP contribution in [-0.2, 0) is 6.61 Å². The van der Waals surface area contributed by atoms with Gasteiger partial charge in [-0.05, 0) is 42.0 Å². The molecule has 3 rings (SSSR count). The van der Waals surface area contributed by atoms with Crippen LogP contribution in [0.1, 0.15) is 21.6 Å². The Labute approximate surface area is 165 Å². The van der Waals surface area contributed by atoms with Crippen molar-refractivity contribution in [2.75, 3.05) is 7.11 Å². The number of rotatable bonds is 8. The van der Waals surface area contributed by atoms with Crippen LogP contribution in [0.15, 0.2) is 59.8 Å². The number of H-pyrrole nitrogens is 1. The first-order valence-corrected chi connectivity index (χ1v) is 8.44. The highest BCUT2D eigenvalue weighted by atomic mass is 16.6. The molecule has 1 heterocycles. The normalized spacial score (nSPS) is 10.7. The first-order valence-electron chi connectivity index (χ1n) is 8.44. The molecule has 1 aromatic heterocycles. The highest BCUT2D eigenvalue weighted by molar-refractivity contribution is 5.93. The Hall–Kier alpha value is -4.21. The molecule has 2 aromatic carbocycles. The molecule has 148 valence electrons. The predicted molar refractivity (Wildman–Crippen MR) is 104 cm³/mol. The molecule has 0 radical (unpaired) electrons. The summed E-state index contributed by atoms with van der Waals surface area (Å²) in [4.78, 5) is 22.1. The summed E-state index contributed by atoms with van der Waals surface area (Å²) in [6, 6.07) is 12.7. The second kappa shape index (κ2) is 9.13. The predicted octanol–water partition coefficient (Wildman–Crippen LogP) is 2.67. The van der Waals surface area contributed by atoms with Gasteiger partial charge < -0.3 is 9.47 Å². The van der Waals surface area contributed by atoms with Crippen LogP contribution >= 0.6 is 0 Å². The lowest BCUT2D eigenvalue weighted by Crippen LogP contribution is -2.18. The van der Waals surface area contributed by atoms with E-state index in [0.29, 0.717) is 17.2 Å². The van der Waals surface area contributed by atoms with Gasteiger partial charge in [-0.25, -0.2) is 5.43 Å². The molecule has 3 aromatic rings. The zero-order valence-electron chi connectivity index (χ0n) is 15.4. The van der Waals surface area contributed by atoms with E-state index in [9.17, 15) is 14.9 Å². The van der Waals surface area contributed by atoms with Gasteiger partial charge in [0.2, 0.25) is 0 Å². The van der Waals surface area contributed by atoms with Gasteiger partial charge in [0.1, 0.15) is 23.8 Å². The number of nitrogens with one attached hydrogen (secondary N) is 2. The van der Waals surface area contributed by atoms with Crippen molar-refractivity contribution in [2.45, 2.75) is 6.61 Å². The van der Waals surface area contributed by atoms with Crippen molar-refractivity contribution in [1.82, 2.24) is 15.6 Å². The van der Waals surface area contributed by atoms with E-state index in [-0.39, 0.29) is 12.3 Å². The van der Waals surface area contributed by atoms with E-state index in [2.05, 4.69) is 20.7 Å². The third-order valence-electron chi connectivity index (χ3n) is 3.87. The number of ether oxygens (including phenoxy) is 2. The van der Waals surface area contributed by atoms with Crippen molar-refractivity contribution < 1.29 is 19.2 Å². The van der Waals surface area contributed by atoms with Crippen LogP contribution in [0.25, 0.3) is 0 Å².